The van der Waals surface area contributed by atoms with E-state index in [1.54, 1.807) is 13.1 Å². The third-order valence-corrected chi connectivity index (χ3v) is 4.47. The first kappa shape index (κ1) is 24.0. The molecular formula is C23H34N4O2. The van der Waals surface area contributed by atoms with Gasteiger partial charge in [0.05, 0.1) is 5.70 Å². The van der Waals surface area contributed by atoms with Crippen molar-refractivity contribution in [2.75, 3.05) is 7.05 Å². The maximum atomic E-state index is 12.5. The minimum Gasteiger partial charge on any atom is -0.441 e. The van der Waals surface area contributed by atoms with Gasteiger partial charge in [0.1, 0.15) is 6.10 Å². The lowest BCUT2D eigenvalue weighted by Gasteiger charge is -2.20. The van der Waals surface area contributed by atoms with Gasteiger partial charge in [-0.1, -0.05) is 43.8 Å². The quantitative estimate of drug-likeness (QED) is 0.363. The van der Waals surface area contributed by atoms with E-state index >= 15 is 0 Å². The number of hydrogen-bond acceptors (Lipinski definition) is 5. The van der Waals surface area contributed by atoms with E-state index in [4.69, 9.17) is 10.5 Å². The van der Waals surface area contributed by atoms with Crippen LogP contribution in [-0.2, 0) is 4.74 Å². The fourth-order valence-corrected chi connectivity index (χ4v) is 2.72. The Kier molecular flexibility index (Phi) is 9.75. The highest BCUT2D eigenvalue weighted by molar-refractivity contribution is 5.70. The van der Waals surface area contributed by atoms with Crippen LogP contribution in [0.15, 0.2) is 71.2 Å². The highest BCUT2D eigenvalue weighted by atomic mass is 16.6. The van der Waals surface area contributed by atoms with Gasteiger partial charge in [0.2, 0.25) is 0 Å². The fourth-order valence-electron chi connectivity index (χ4n) is 2.72. The number of aryl methyl sites for hydroxylation is 1. The average molecular weight is 399 g/mol. The van der Waals surface area contributed by atoms with E-state index in [1.165, 1.54) is 0 Å². The van der Waals surface area contributed by atoms with Crippen molar-refractivity contribution in [2.24, 2.45) is 5.73 Å². The summed E-state index contributed by atoms with van der Waals surface area (Å²) in [6.07, 6.45) is 3.41. The van der Waals surface area contributed by atoms with Crippen LogP contribution in [0.25, 0.3) is 0 Å². The molecule has 158 valence electrons. The molecule has 1 rings (SSSR count). The number of ether oxygens (including phenoxy) is 1. The second-order valence-electron chi connectivity index (χ2n) is 6.86. The third-order valence-electron chi connectivity index (χ3n) is 4.47. The molecule has 1 aromatic rings. The summed E-state index contributed by atoms with van der Waals surface area (Å²) in [6.45, 7) is 13.4. The number of hydrazine groups is 1. The lowest BCUT2D eigenvalue weighted by Crippen LogP contribution is -2.33. The first-order valence-corrected chi connectivity index (χ1v) is 9.70. The van der Waals surface area contributed by atoms with Gasteiger partial charge in [-0.2, -0.15) is 0 Å². The molecule has 6 heteroatoms. The topological polar surface area (TPSA) is 88.4 Å². The molecular weight excluding hydrogens is 364 g/mol. The molecule has 0 saturated carbocycles. The molecule has 1 aromatic carbocycles. The molecule has 0 fully saturated rings. The number of carbonyl (C=O) groups excluding carboxylic acids is 1. The summed E-state index contributed by atoms with van der Waals surface area (Å²) < 4.78 is 5.59. The summed E-state index contributed by atoms with van der Waals surface area (Å²) in [5, 5.41) is 2.87. The van der Waals surface area contributed by atoms with Crippen molar-refractivity contribution >= 4 is 6.09 Å². The van der Waals surface area contributed by atoms with Crippen molar-refractivity contribution < 1.29 is 9.53 Å². The number of rotatable bonds is 9. The second kappa shape index (κ2) is 11.8. The Morgan fingerprint density at radius 2 is 1.93 bits per heavy atom. The molecule has 0 aliphatic heterocycles. The molecule has 0 aliphatic rings. The van der Waals surface area contributed by atoms with E-state index in [-0.39, 0.29) is 6.10 Å². The third kappa shape index (κ3) is 7.50. The first-order valence-electron chi connectivity index (χ1n) is 9.70. The van der Waals surface area contributed by atoms with Crippen molar-refractivity contribution in [1.82, 2.24) is 16.2 Å². The largest absolute Gasteiger partial charge is 0.441 e. The van der Waals surface area contributed by atoms with Crippen LogP contribution in [0.3, 0.4) is 0 Å². The van der Waals surface area contributed by atoms with Gasteiger partial charge in [-0.05, 0) is 62.5 Å². The molecule has 0 bridgehead atoms. The molecule has 1 amide bonds. The number of nitrogens with one attached hydrogen (secondary N) is 3. The van der Waals surface area contributed by atoms with Gasteiger partial charge in [-0.15, -0.1) is 0 Å². The van der Waals surface area contributed by atoms with Crippen LogP contribution in [0, 0.1) is 6.92 Å². The van der Waals surface area contributed by atoms with Crippen molar-refractivity contribution in [3.8, 4) is 0 Å². The highest BCUT2D eigenvalue weighted by Gasteiger charge is 2.16. The molecule has 0 radical (unpaired) electrons. The predicted octanol–water partition coefficient (Wildman–Crippen LogP) is 4.49. The lowest BCUT2D eigenvalue weighted by atomic mass is 10.1. The smallest absolute Gasteiger partial charge is 0.412 e. The van der Waals surface area contributed by atoms with E-state index in [2.05, 4.69) is 22.7 Å². The Morgan fingerprint density at radius 1 is 1.28 bits per heavy atom. The van der Waals surface area contributed by atoms with E-state index in [9.17, 15) is 4.79 Å². The van der Waals surface area contributed by atoms with Crippen LogP contribution in [0.4, 0.5) is 4.79 Å². The van der Waals surface area contributed by atoms with Crippen LogP contribution in [-0.4, -0.2) is 13.1 Å². The summed E-state index contributed by atoms with van der Waals surface area (Å²) in [4.78, 5) is 12.5. The van der Waals surface area contributed by atoms with Crippen LogP contribution in [0.5, 0.6) is 0 Å². The standard InChI is InChI=1S/C23H34N4O2/c1-8-21(22(27-25-7)17(5)13-14-20(24)15(2)3)26-23(28)29-18(6)19-12-10-9-11-16(19)4/h9-14,18,25,27H,2,8,24H2,1,3-7H3,(H,26,28)/b17-13+,20-14+,22-21+. The summed E-state index contributed by atoms with van der Waals surface area (Å²) in [5.74, 6) is 0. The SMILES string of the molecule is C=C(C)\C(N)=C/C=C(C)/C(NNC)=C(/CC)NC(=O)OC(C)c1ccccc1C. The zero-order valence-corrected chi connectivity index (χ0v) is 18.3. The molecule has 5 N–H and O–H groups in total. The van der Waals surface area contributed by atoms with Gasteiger partial charge >= 0.3 is 6.09 Å². The van der Waals surface area contributed by atoms with Crippen molar-refractivity contribution in [3.63, 3.8) is 0 Å². The molecule has 1 atom stereocenters. The fraction of sp³-hybridized carbons (Fsp3) is 0.348. The molecule has 1 unspecified atom stereocenters. The minimum atomic E-state index is -0.502. The number of alkyl carbamates (subject to hydrolysis) is 1. The number of benzene rings is 1. The van der Waals surface area contributed by atoms with Crippen molar-refractivity contribution in [2.45, 2.75) is 47.1 Å². The van der Waals surface area contributed by atoms with Crippen LogP contribution in [0.2, 0.25) is 0 Å². The van der Waals surface area contributed by atoms with Crippen molar-refractivity contribution in [1.29, 1.82) is 0 Å². The number of carbonyl (C=O) groups is 1. The van der Waals surface area contributed by atoms with Gasteiger partial charge in [-0.25, -0.2) is 10.2 Å². The number of hydrogen-bond donors (Lipinski definition) is 4. The Labute approximate surface area is 174 Å². The highest BCUT2D eigenvalue weighted by Crippen LogP contribution is 2.21. The maximum absolute atomic E-state index is 12.5. The van der Waals surface area contributed by atoms with Gasteiger partial charge in [-0.3, -0.25) is 5.32 Å². The second-order valence-corrected chi connectivity index (χ2v) is 6.86. The zero-order chi connectivity index (χ0) is 22.0. The van der Waals surface area contributed by atoms with Gasteiger partial charge in [0.25, 0.3) is 0 Å². The van der Waals surface area contributed by atoms with Crippen LogP contribution >= 0.6 is 0 Å². The summed E-state index contributed by atoms with van der Waals surface area (Å²) in [7, 11) is 1.76. The van der Waals surface area contributed by atoms with Gasteiger partial charge < -0.3 is 15.9 Å². The lowest BCUT2D eigenvalue weighted by molar-refractivity contribution is 0.109. The van der Waals surface area contributed by atoms with E-state index < -0.39 is 6.09 Å². The zero-order valence-electron chi connectivity index (χ0n) is 18.3. The van der Waals surface area contributed by atoms with Crippen LogP contribution in [0.1, 0.15) is 51.3 Å². The summed E-state index contributed by atoms with van der Waals surface area (Å²) in [5.41, 5.74) is 17.7. The predicted molar refractivity (Wildman–Crippen MR) is 120 cm³/mol. The molecule has 0 heterocycles. The summed E-state index contributed by atoms with van der Waals surface area (Å²) in [6, 6.07) is 7.86. The molecule has 6 nitrogen and oxygen atoms in total. The number of amides is 1. The molecule has 0 aliphatic carbocycles. The molecule has 0 saturated heterocycles. The molecule has 0 aromatic heterocycles. The molecule has 29 heavy (non-hydrogen) atoms. The Balaban J connectivity index is 3.05. The average Bonchev–Trinajstić information content (AvgIpc) is 2.68. The Bertz CT molecular complexity index is 822. The van der Waals surface area contributed by atoms with E-state index in [0.717, 1.165) is 28.0 Å². The van der Waals surface area contributed by atoms with Gasteiger partial charge in [0, 0.05) is 18.4 Å². The minimum absolute atomic E-state index is 0.357. The number of nitrogens with two attached hydrogens (primary N) is 1. The monoisotopic (exact) mass is 398 g/mol. The number of allylic oxidation sites excluding steroid dienone is 5. The van der Waals surface area contributed by atoms with Crippen molar-refractivity contribution in [3.05, 3.63) is 82.4 Å². The maximum Gasteiger partial charge on any atom is 0.412 e. The van der Waals surface area contributed by atoms with E-state index in [1.807, 2.05) is 65.0 Å². The van der Waals surface area contributed by atoms with Crippen LogP contribution < -0.4 is 21.9 Å². The first-order chi connectivity index (χ1) is 13.7. The van der Waals surface area contributed by atoms with E-state index in [0.29, 0.717) is 17.8 Å². The van der Waals surface area contributed by atoms with Gasteiger partial charge in [0.15, 0.2) is 0 Å². The normalized spacial score (nSPS) is 14.0. The Morgan fingerprint density at radius 3 is 2.48 bits per heavy atom. The summed E-state index contributed by atoms with van der Waals surface area (Å²) >= 11 is 0. The Hall–Kier alpha value is -2.99. The molecule has 0 spiro atoms.